The predicted octanol–water partition coefficient (Wildman–Crippen LogP) is 1.54. The zero-order valence-electron chi connectivity index (χ0n) is 9.98. The molecule has 6 heteroatoms. The maximum atomic E-state index is 11.4. The van der Waals surface area contributed by atoms with Gasteiger partial charge < -0.3 is 9.88 Å². The Kier molecular flexibility index (Phi) is 2.70. The van der Waals surface area contributed by atoms with Crippen molar-refractivity contribution in [2.75, 3.05) is 6.54 Å². The van der Waals surface area contributed by atoms with Crippen LogP contribution in [0.2, 0.25) is 0 Å². The minimum atomic E-state index is 0.0607. The first-order valence-electron chi connectivity index (χ1n) is 5.85. The van der Waals surface area contributed by atoms with Crippen LogP contribution in [-0.4, -0.2) is 27.0 Å². The number of fused-ring (bicyclic) bond motifs is 1. The lowest BCUT2D eigenvalue weighted by Gasteiger charge is -2.12. The molecule has 0 aliphatic carbocycles. The van der Waals surface area contributed by atoms with Crippen molar-refractivity contribution in [2.24, 2.45) is 0 Å². The van der Waals surface area contributed by atoms with Crippen molar-refractivity contribution in [3.63, 3.8) is 0 Å². The number of nitrogens with one attached hydrogen (secondary N) is 1. The predicted molar refractivity (Wildman–Crippen MR) is 68.5 cm³/mol. The van der Waals surface area contributed by atoms with Gasteiger partial charge in [0.1, 0.15) is 11.3 Å². The van der Waals surface area contributed by atoms with Crippen molar-refractivity contribution in [1.82, 2.24) is 19.9 Å². The summed E-state index contributed by atoms with van der Waals surface area (Å²) in [5.41, 5.74) is 2.75. The van der Waals surface area contributed by atoms with E-state index in [1.165, 1.54) is 0 Å². The van der Waals surface area contributed by atoms with Crippen molar-refractivity contribution < 1.29 is 4.79 Å². The quantitative estimate of drug-likeness (QED) is 0.837. The van der Waals surface area contributed by atoms with E-state index in [9.17, 15) is 4.79 Å². The molecule has 0 radical (unpaired) electrons. The molecular weight excluding hydrogens is 252 g/mol. The van der Waals surface area contributed by atoms with Crippen LogP contribution in [0.1, 0.15) is 23.9 Å². The highest BCUT2D eigenvalue weighted by Gasteiger charge is 2.27. The summed E-state index contributed by atoms with van der Waals surface area (Å²) in [7, 11) is 0. The first kappa shape index (κ1) is 11.5. The zero-order chi connectivity index (χ0) is 12.7. The average Bonchev–Trinajstić information content (AvgIpc) is 2.93. The molecule has 2 aromatic heterocycles. The molecule has 1 fully saturated rings. The van der Waals surface area contributed by atoms with E-state index in [4.69, 9.17) is 11.6 Å². The normalized spacial score (nSPS) is 19.4. The zero-order valence-corrected chi connectivity index (χ0v) is 10.7. The molecule has 1 aliphatic rings. The molecule has 5 nitrogen and oxygen atoms in total. The number of halogens is 1. The highest BCUT2D eigenvalue weighted by atomic mass is 35.5. The third-order valence-corrected chi connectivity index (χ3v) is 3.53. The summed E-state index contributed by atoms with van der Waals surface area (Å²) in [4.78, 5) is 20.3. The Morgan fingerprint density at radius 3 is 3.11 bits per heavy atom. The molecule has 0 bridgehead atoms. The Hall–Kier alpha value is -1.62. The van der Waals surface area contributed by atoms with Crippen molar-refractivity contribution in [1.29, 1.82) is 0 Å². The van der Waals surface area contributed by atoms with Crippen molar-refractivity contribution >= 4 is 28.7 Å². The number of alkyl halides is 1. The Morgan fingerprint density at radius 1 is 1.61 bits per heavy atom. The van der Waals surface area contributed by atoms with Gasteiger partial charge in [-0.15, -0.1) is 11.6 Å². The summed E-state index contributed by atoms with van der Waals surface area (Å²) in [5.74, 6) is 1.16. The molecule has 1 amide bonds. The number of hydrogen-bond donors (Lipinski definition) is 1. The lowest BCUT2D eigenvalue weighted by atomic mass is 10.2. The number of carbonyl (C=O) groups is 1. The lowest BCUT2D eigenvalue weighted by Crippen LogP contribution is -2.16. The number of amides is 1. The van der Waals surface area contributed by atoms with Gasteiger partial charge in [0.2, 0.25) is 5.91 Å². The van der Waals surface area contributed by atoms with Gasteiger partial charge in [-0.2, -0.15) is 0 Å². The van der Waals surface area contributed by atoms with E-state index in [0.29, 0.717) is 18.8 Å². The highest BCUT2D eigenvalue weighted by molar-refractivity contribution is 6.16. The van der Waals surface area contributed by atoms with Gasteiger partial charge in [0, 0.05) is 19.2 Å². The smallest absolute Gasteiger partial charge is 0.222 e. The van der Waals surface area contributed by atoms with Crippen LogP contribution >= 0.6 is 11.6 Å². The van der Waals surface area contributed by atoms with Gasteiger partial charge in [0.15, 0.2) is 5.65 Å². The molecule has 1 aliphatic heterocycles. The molecule has 2 aromatic rings. The monoisotopic (exact) mass is 264 g/mol. The molecule has 3 rings (SSSR count). The van der Waals surface area contributed by atoms with Crippen LogP contribution in [0.3, 0.4) is 0 Å². The first-order chi connectivity index (χ1) is 8.70. The largest absolute Gasteiger partial charge is 0.354 e. The number of aromatic nitrogens is 3. The summed E-state index contributed by atoms with van der Waals surface area (Å²) in [5, 5.41) is 2.83. The van der Waals surface area contributed by atoms with E-state index in [1.54, 1.807) is 6.20 Å². The van der Waals surface area contributed by atoms with E-state index >= 15 is 0 Å². The molecule has 0 spiro atoms. The van der Waals surface area contributed by atoms with Gasteiger partial charge in [0.25, 0.3) is 0 Å². The van der Waals surface area contributed by atoms with Gasteiger partial charge in [0.05, 0.1) is 11.9 Å². The third-order valence-electron chi connectivity index (χ3n) is 3.29. The molecule has 0 aromatic carbocycles. The fourth-order valence-corrected chi connectivity index (χ4v) is 2.59. The van der Waals surface area contributed by atoms with E-state index in [0.717, 1.165) is 22.6 Å². The molecule has 1 N–H and O–H groups in total. The maximum absolute atomic E-state index is 11.4. The molecule has 0 saturated carbocycles. The summed E-state index contributed by atoms with van der Waals surface area (Å²) < 4.78 is 1.99. The van der Waals surface area contributed by atoms with Gasteiger partial charge in [-0.25, -0.2) is 9.97 Å². The van der Waals surface area contributed by atoms with E-state index in [1.807, 2.05) is 17.6 Å². The molecule has 3 heterocycles. The first-order valence-corrected chi connectivity index (χ1v) is 6.39. The second kappa shape index (κ2) is 4.24. The summed E-state index contributed by atoms with van der Waals surface area (Å²) >= 11 is 5.95. The Balaban J connectivity index is 2.20. The minimum Gasteiger partial charge on any atom is -0.354 e. The molecule has 1 atom stereocenters. The molecule has 1 saturated heterocycles. The summed E-state index contributed by atoms with van der Waals surface area (Å²) in [6, 6.07) is 1.99. The second-order valence-electron chi connectivity index (χ2n) is 4.49. The number of aryl methyl sites for hydroxylation is 1. The highest BCUT2D eigenvalue weighted by Crippen LogP contribution is 2.26. The van der Waals surface area contributed by atoms with Crippen LogP contribution in [0.15, 0.2) is 12.3 Å². The number of nitrogens with zero attached hydrogens (tertiary/aromatic N) is 3. The Bertz CT molecular complexity index is 622. The third kappa shape index (κ3) is 1.66. The van der Waals surface area contributed by atoms with Gasteiger partial charge in [-0.3, -0.25) is 4.79 Å². The fraction of sp³-hybridized carbons (Fsp3) is 0.417. The Labute approximate surface area is 109 Å². The van der Waals surface area contributed by atoms with Crippen LogP contribution in [0.4, 0.5) is 0 Å². The fourth-order valence-electron chi connectivity index (χ4n) is 2.41. The molecular formula is C12H13ClN4O. The standard InChI is InChI=1S/C12H13ClN4O/c1-7-2-3-14-12-11(7)16-9(5-13)17(12)8-4-10(18)15-6-8/h2-3,8H,4-6H2,1H3,(H,15,18). The van der Waals surface area contributed by atoms with Crippen LogP contribution in [-0.2, 0) is 10.7 Å². The summed E-state index contributed by atoms with van der Waals surface area (Å²) in [6.07, 6.45) is 2.23. The van der Waals surface area contributed by atoms with Gasteiger partial charge in [-0.05, 0) is 18.6 Å². The number of rotatable bonds is 2. The topological polar surface area (TPSA) is 59.8 Å². The van der Waals surface area contributed by atoms with E-state index in [2.05, 4.69) is 15.3 Å². The van der Waals surface area contributed by atoms with Crippen LogP contribution in [0, 0.1) is 6.92 Å². The number of imidazole rings is 1. The maximum Gasteiger partial charge on any atom is 0.222 e. The van der Waals surface area contributed by atoms with Crippen LogP contribution in [0.5, 0.6) is 0 Å². The van der Waals surface area contributed by atoms with E-state index in [-0.39, 0.29) is 11.9 Å². The lowest BCUT2D eigenvalue weighted by molar-refractivity contribution is -0.119. The number of pyridine rings is 1. The minimum absolute atomic E-state index is 0.0607. The SMILES string of the molecule is Cc1ccnc2c1nc(CCl)n2C1CNC(=O)C1. The second-order valence-corrected chi connectivity index (χ2v) is 4.76. The Morgan fingerprint density at radius 2 is 2.44 bits per heavy atom. The number of hydrogen-bond acceptors (Lipinski definition) is 3. The van der Waals surface area contributed by atoms with Crippen molar-refractivity contribution in [2.45, 2.75) is 25.3 Å². The van der Waals surface area contributed by atoms with E-state index < -0.39 is 0 Å². The van der Waals surface area contributed by atoms with Crippen molar-refractivity contribution in [3.8, 4) is 0 Å². The summed E-state index contributed by atoms with van der Waals surface area (Å²) in [6.45, 7) is 2.61. The van der Waals surface area contributed by atoms with Crippen LogP contribution in [0.25, 0.3) is 11.2 Å². The van der Waals surface area contributed by atoms with Gasteiger partial charge >= 0.3 is 0 Å². The molecule has 94 valence electrons. The molecule has 18 heavy (non-hydrogen) atoms. The average molecular weight is 265 g/mol. The molecule has 1 unspecified atom stereocenters. The number of carbonyl (C=O) groups excluding carboxylic acids is 1. The van der Waals surface area contributed by atoms with Crippen molar-refractivity contribution in [3.05, 3.63) is 23.7 Å². The van der Waals surface area contributed by atoms with Gasteiger partial charge in [-0.1, -0.05) is 0 Å². The van der Waals surface area contributed by atoms with Crippen LogP contribution < -0.4 is 5.32 Å².